The second kappa shape index (κ2) is 6.85. The van der Waals surface area contributed by atoms with Crippen LogP contribution >= 0.6 is 0 Å². The highest BCUT2D eigenvalue weighted by Crippen LogP contribution is 2.19. The first-order valence-electron chi connectivity index (χ1n) is 7.65. The Morgan fingerprint density at radius 2 is 2.10 bits per heavy atom. The molecule has 0 spiro atoms. The van der Waals surface area contributed by atoms with Gasteiger partial charge in [0.2, 0.25) is 0 Å². The maximum absolute atomic E-state index is 4.46. The fourth-order valence-electron chi connectivity index (χ4n) is 2.59. The molecule has 0 saturated heterocycles. The zero-order valence-corrected chi connectivity index (χ0v) is 13.7. The standard InChI is InChI=1S/C15H26N6/c1-6-7-16-13(14-8-12(4)19-20(14)5)9-15-17-10-18-21(15)11(2)3/h8,10-11,13,16H,6-7,9H2,1-5H3. The lowest BCUT2D eigenvalue weighted by atomic mass is 10.1. The molecular weight excluding hydrogens is 264 g/mol. The number of hydrogen-bond donors (Lipinski definition) is 1. The molecule has 0 saturated carbocycles. The molecule has 1 N–H and O–H groups in total. The van der Waals surface area contributed by atoms with Crippen molar-refractivity contribution in [3.05, 3.63) is 29.6 Å². The van der Waals surface area contributed by atoms with E-state index >= 15 is 0 Å². The van der Waals surface area contributed by atoms with E-state index in [9.17, 15) is 0 Å². The summed E-state index contributed by atoms with van der Waals surface area (Å²) in [4.78, 5) is 4.43. The third kappa shape index (κ3) is 3.69. The molecule has 6 nitrogen and oxygen atoms in total. The summed E-state index contributed by atoms with van der Waals surface area (Å²) in [7, 11) is 2.00. The van der Waals surface area contributed by atoms with Crippen LogP contribution in [0.2, 0.25) is 0 Å². The molecular formula is C15H26N6. The highest BCUT2D eigenvalue weighted by molar-refractivity contribution is 5.15. The van der Waals surface area contributed by atoms with Gasteiger partial charge in [0.1, 0.15) is 12.2 Å². The molecule has 21 heavy (non-hydrogen) atoms. The van der Waals surface area contributed by atoms with Gasteiger partial charge in [0.15, 0.2) is 0 Å². The molecule has 1 atom stereocenters. The lowest BCUT2D eigenvalue weighted by molar-refractivity contribution is 0.447. The predicted octanol–water partition coefficient (Wildman–Crippen LogP) is 2.18. The largest absolute Gasteiger partial charge is 0.308 e. The Hall–Kier alpha value is -1.69. The summed E-state index contributed by atoms with van der Waals surface area (Å²) >= 11 is 0. The molecule has 0 fully saturated rings. The van der Waals surface area contributed by atoms with E-state index in [4.69, 9.17) is 0 Å². The second-order valence-corrected chi connectivity index (χ2v) is 5.76. The molecule has 0 aromatic carbocycles. The fourth-order valence-corrected chi connectivity index (χ4v) is 2.59. The molecule has 0 aliphatic carbocycles. The van der Waals surface area contributed by atoms with E-state index in [1.807, 2.05) is 23.3 Å². The van der Waals surface area contributed by atoms with Crippen LogP contribution in [0.15, 0.2) is 12.4 Å². The van der Waals surface area contributed by atoms with Crippen LogP contribution in [-0.4, -0.2) is 31.1 Å². The molecule has 1 unspecified atom stereocenters. The van der Waals surface area contributed by atoms with Gasteiger partial charge in [-0.3, -0.25) is 4.68 Å². The van der Waals surface area contributed by atoms with Gasteiger partial charge in [-0.05, 0) is 39.8 Å². The van der Waals surface area contributed by atoms with Crippen LogP contribution in [-0.2, 0) is 13.5 Å². The summed E-state index contributed by atoms with van der Waals surface area (Å²) in [6, 6.07) is 2.67. The van der Waals surface area contributed by atoms with Gasteiger partial charge in [-0.1, -0.05) is 6.92 Å². The van der Waals surface area contributed by atoms with Crippen LogP contribution in [0, 0.1) is 6.92 Å². The van der Waals surface area contributed by atoms with Crippen molar-refractivity contribution in [1.29, 1.82) is 0 Å². The monoisotopic (exact) mass is 290 g/mol. The Labute approximate surface area is 126 Å². The zero-order chi connectivity index (χ0) is 15.4. The average Bonchev–Trinajstić information content (AvgIpc) is 3.01. The smallest absolute Gasteiger partial charge is 0.138 e. The van der Waals surface area contributed by atoms with E-state index in [-0.39, 0.29) is 6.04 Å². The van der Waals surface area contributed by atoms with Crippen LogP contribution < -0.4 is 5.32 Å². The number of nitrogens with zero attached hydrogens (tertiary/aromatic N) is 5. The molecule has 0 aliphatic rings. The van der Waals surface area contributed by atoms with E-state index < -0.39 is 0 Å². The number of aromatic nitrogens is 5. The minimum atomic E-state index is 0.206. The van der Waals surface area contributed by atoms with Crippen molar-refractivity contribution in [3.63, 3.8) is 0 Å². The molecule has 0 radical (unpaired) electrons. The average molecular weight is 290 g/mol. The van der Waals surface area contributed by atoms with Crippen molar-refractivity contribution in [2.45, 2.75) is 52.6 Å². The van der Waals surface area contributed by atoms with E-state index in [1.54, 1.807) is 6.33 Å². The van der Waals surface area contributed by atoms with E-state index in [2.05, 4.69) is 47.3 Å². The quantitative estimate of drug-likeness (QED) is 0.849. The van der Waals surface area contributed by atoms with Crippen LogP contribution in [0.4, 0.5) is 0 Å². The van der Waals surface area contributed by atoms with E-state index in [0.29, 0.717) is 6.04 Å². The molecule has 6 heteroatoms. The Morgan fingerprint density at radius 3 is 2.67 bits per heavy atom. The highest BCUT2D eigenvalue weighted by atomic mass is 15.3. The molecule has 116 valence electrons. The van der Waals surface area contributed by atoms with Gasteiger partial charge in [-0.2, -0.15) is 10.2 Å². The Morgan fingerprint density at radius 1 is 1.33 bits per heavy atom. The van der Waals surface area contributed by atoms with Crippen LogP contribution in [0.1, 0.15) is 56.5 Å². The maximum Gasteiger partial charge on any atom is 0.138 e. The molecule has 2 heterocycles. The minimum Gasteiger partial charge on any atom is -0.308 e. The number of nitrogens with one attached hydrogen (secondary N) is 1. The van der Waals surface area contributed by atoms with Gasteiger partial charge in [0.05, 0.1) is 17.4 Å². The van der Waals surface area contributed by atoms with Crippen LogP contribution in [0.5, 0.6) is 0 Å². The van der Waals surface area contributed by atoms with Crippen LogP contribution in [0.3, 0.4) is 0 Å². The zero-order valence-electron chi connectivity index (χ0n) is 13.7. The molecule has 2 rings (SSSR count). The van der Waals surface area contributed by atoms with Gasteiger partial charge in [-0.25, -0.2) is 9.67 Å². The van der Waals surface area contributed by atoms with Crippen LogP contribution in [0.25, 0.3) is 0 Å². The first kappa shape index (κ1) is 15.7. The Kier molecular flexibility index (Phi) is 5.12. The summed E-state index contributed by atoms with van der Waals surface area (Å²) in [5.41, 5.74) is 2.24. The maximum atomic E-state index is 4.46. The molecule has 0 amide bonds. The van der Waals surface area contributed by atoms with Crippen molar-refractivity contribution < 1.29 is 0 Å². The van der Waals surface area contributed by atoms with Crippen molar-refractivity contribution >= 4 is 0 Å². The number of aryl methyl sites for hydroxylation is 2. The predicted molar refractivity (Wildman–Crippen MR) is 83.1 cm³/mol. The van der Waals surface area contributed by atoms with E-state index in [0.717, 1.165) is 30.9 Å². The van der Waals surface area contributed by atoms with Crippen molar-refractivity contribution in [3.8, 4) is 0 Å². The Bertz CT molecular complexity index is 568. The van der Waals surface area contributed by atoms with Crippen molar-refractivity contribution in [1.82, 2.24) is 29.9 Å². The lowest BCUT2D eigenvalue weighted by Gasteiger charge is -2.19. The van der Waals surface area contributed by atoms with Gasteiger partial charge in [0.25, 0.3) is 0 Å². The van der Waals surface area contributed by atoms with Crippen molar-refractivity contribution in [2.75, 3.05) is 6.54 Å². The minimum absolute atomic E-state index is 0.206. The van der Waals surface area contributed by atoms with Gasteiger partial charge < -0.3 is 5.32 Å². The van der Waals surface area contributed by atoms with Gasteiger partial charge >= 0.3 is 0 Å². The highest BCUT2D eigenvalue weighted by Gasteiger charge is 2.19. The first-order valence-corrected chi connectivity index (χ1v) is 7.65. The molecule has 0 aliphatic heterocycles. The summed E-state index contributed by atoms with van der Waals surface area (Å²) in [5.74, 6) is 1.01. The normalized spacial score (nSPS) is 13.0. The first-order chi connectivity index (χ1) is 10.0. The summed E-state index contributed by atoms with van der Waals surface area (Å²) in [6.07, 6.45) is 3.56. The molecule has 2 aromatic rings. The summed E-state index contributed by atoms with van der Waals surface area (Å²) in [6.45, 7) is 9.43. The third-order valence-electron chi connectivity index (χ3n) is 3.56. The number of hydrogen-bond acceptors (Lipinski definition) is 4. The SMILES string of the molecule is CCCNC(Cc1ncnn1C(C)C)c1cc(C)nn1C. The van der Waals surface area contributed by atoms with E-state index in [1.165, 1.54) is 5.69 Å². The number of rotatable bonds is 7. The lowest BCUT2D eigenvalue weighted by Crippen LogP contribution is -2.27. The summed E-state index contributed by atoms with van der Waals surface area (Å²) < 4.78 is 3.95. The molecule has 0 bridgehead atoms. The van der Waals surface area contributed by atoms with Gasteiger partial charge in [0, 0.05) is 19.5 Å². The van der Waals surface area contributed by atoms with Crippen molar-refractivity contribution in [2.24, 2.45) is 7.05 Å². The topological polar surface area (TPSA) is 60.6 Å². The summed E-state index contributed by atoms with van der Waals surface area (Å²) in [5, 5.41) is 12.4. The van der Waals surface area contributed by atoms with Gasteiger partial charge in [-0.15, -0.1) is 0 Å². The second-order valence-electron chi connectivity index (χ2n) is 5.76. The fraction of sp³-hybridized carbons (Fsp3) is 0.667. The molecule has 2 aromatic heterocycles. The third-order valence-corrected chi connectivity index (χ3v) is 3.56. The Balaban J connectivity index is 2.24.